The first kappa shape index (κ1) is 14.7. The third-order valence-electron chi connectivity index (χ3n) is 4.90. The van der Waals surface area contributed by atoms with Crippen LogP contribution >= 0.6 is 0 Å². The normalized spacial score (nSPS) is 17.9. The van der Waals surface area contributed by atoms with Gasteiger partial charge in [0.1, 0.15) is 0 Å². The number of para-hydroxylation sites is 1. The smallest absolute Gasteiger partial charge is 0.228 e. The minimum Gasteiger partial charge on any atom is -0.326 e. The molecule has 1 amide bonds. The van der Waals surface area contributed by atoms with Gasteiger partial charge in [0.15, 0.2) is 0 Å². The molecular weight excluding hydrogens is 294 g/mol. The molecule has 0 aromatic heterocycles. The molecule has 2 heteroatoms. The fraction of sp³-hybridized carbons (Fsp3) is 0.136. The van der Waals surface area contributed by atoms with Gasteiger partial charge in [-0.05, 0) is 29.7 Å². The Balaban J connectivity index is 1.66. The Kier molecular flexibility index (Phi) is 3.66. The van der Waals surface area contributed by atoms with Gasteiger partial charge in [-0.25, -0.2) is 0 Å². The van der Waals surface area contributed by atoms with Crippen molar-refractivity contribution in [3.63, 3.8) is 0 Å². The van der Waals surface area contributed by atoms with E-state index in [9.17, 15) is 4.79 Å². The highest BCUT2D eigenvalue weighted by Crippen LogP contribution is 2.59. The number of benzene rings is 3. The van der Waals surface area contributed by atoms with E-state index in [1.807, 2.05) is 66.7 Å². The fourth-order valence-corrected chi connectivity index (χ4v) is 3.61. The molecule has 2 nitrogen and oxygen atoms in total. The van der Waals surface area contributed by atoms with Crippen molar-refractivity contribution in [2.45, 2.75) is 11.8 Å². The second-order valence-corrected chi connectivity index (χ2v) is 6.32. The summed E-state index contributed by atoms with van der Waals surface area (Å²) in [6.45, 7) is 0. The van der Waals surface area contributed by atoms with Crippen LogP contribution in [0.2, 0.25) is 0 Å². The standard InChI is InChI=1S/C22H19NO/c24-21(23-19-14-8-3-9-15-19)20-16-22(20,17-10-4-1-5-11-17)18-12-6-2-7-13-18/h1-15,20H,16H2,(H,23,24)/t20-/m1/s1. The summed E-state index contributed by atoms with van der Waals surface area (Å²) in [5.41, 5.74) is 3.07. The van der Waals surface area contributed by atoms with Gasteiger partial charge in [-0.15, -0.1) is 0 Å². The molecule has 0 heterocycles. The highest BCUT2D eigenvalue weighted by atomic mass is 16.2. The van der Waals surface area contributed by atoms with Crippen molar-refractivity contribution in [1.29, 1.82) is 0 Å². The molecule has 1 fully saturated rings. The molecule has 1 aliphatic carbocycles. The minimum atomic E-state index is -0.207. The van der Waals surface area contributed by atoms with E-state index in [2.05, 4.69) is 29.6 Å². The molecule has 0 radical (unpaired) electrons. The van der Waals surface area contributed by atoms with Crippen molar-refractivity contribution in [1.82, 2.24) is 0 Å². The van der Waals surface area contributed by atoms with E-state index in [0.29, 0.717) is 0 Å². The highest BCUT2D eigenvalue weighted by molar-refractivity contribution is 5.97. The second kappa shape index (κ2) is 5.97. The lowest BCUT2D eigenvalue weighted by Gasteiger charge is -2.19. The van der Waals surface area contributed by atoms with Crippen LogP contribution < -0.4 is 5.32 Å². The van der Waals surface area contributed by atoms with Crippen LogP contribution in [0, 0.1) is 5.92 Å². The van der Waals surface area contributed by atoms with E-state index in [0.717, 1.165) is 12.1 Å². The minimum absolute atomic E-state index is 0.0393. The lowest BCUT2D eigenvalue weighted by molar-refractivity contribution is -0.117. The van der Waals surface area contributed by atoms with Gasteiger partial charge in [0, 0.05) is 11.1 Å². The maximum atomic E-state index is 12.8. The first-order valence-corrected chi connectivity index (χ1v) is 8.28. The zero-order chi connectivity index (χ0) is 16.4. The third kappa shape index (κ3) is 2.50. The second-order valence-electron chi connectivity index (χ2n) is 6.32. The Morgan fingerprint density at radius 3 is 1.71 bits per heavy atom. The first-order chi connectivity index (χ1) is 11.8. The van der Waals surface area contributed by atoms with E-state index in [1.54, 1.807) is 0 Å². The highest BCUT2D eigenvalue weighted by Gasteiger charge is 2.60. The summed E-state index contributed by atoms with van der Waals surface area (Å²) in [7, 11) is 0. The third-order valence-corrected chi connectivity index (χ3v) is 4.90. The molecule has 4 rings (SSSR count). The average molecular weight is 313 g/mol. The molecule has 1 atom stereocenters. The van der Waals surface area contributed by atoms with Gasteiger partial charge in [-0.2, -0.15) is 0 Å². The number of carbonyl (C=O) groups is 1. The van der Waals surface area contributed by atoms with E-state index in [1.165, 1.54) is 11.1 Å². The molecule has 1 N–H and O–H groups in total. The topological polar surface area (TPSA) is 29.1 Å². The van der Waals surface area contributed by atoms with E-state index in [4.69, 9.17) is 0 Å². The van der Waals surface area contributed by atoms with Crippen LogP contribution in [0.5, 0.6) is 0 Å². The molecule has 24 heavy (non-hydrogen) atoms. The van der Waals surface area contributed by atoms with Crippen molar-refractivity contribution in [2.24, 2.45) is 5.92 Å². The van der Waals surface area contributed by atoms with Crippen LogP contribution in [0.4, 0.5) is 5.69 Å². The predicted octanol–water partition coefficient (Wildman–Crippen LogP) is 4.63. The number of hydrogen-bond donors (Lipinski definition) is 1. The molecule has 1 saturated carbocycles. The molecule has 0 aliphatic heterocycles. The summed E-state index contributed by atoms with van der Waals surface area (Å²) in [5.74, 6) is 0.0522. The Morgan fingerprint density at radius 2 is 1.21 bits per heavy atom. The summed E-state index contributed by atoms with van der Waals surface area (Å²) in [6, 6.07) is 30.4. The van der Waals surface area contributed by atoms with E-state index < -0.39 is 0 Å². The monoisotopic (exact) mass is 313 g/mol. The van der Waals surface area contributed by atoms with Gasteiger partial charge in [-0.3, -0.25) is 4.79 Å². The van der Waals surface area contributed by atoms with Crippen molar-refractivity contribution >= 4 is 11.6 Å². The number of carbonyl (C=O) groups excluding carboxylic acids is 1. The van der Waals surface area contributed by atoms with Crippen LogP contribution in [-0.2, 0) is 10.2 Å². The summed E-state index contributed by atoms with van der Waals surface area (Å²) in [6.07, 6.45) is 0.847. The Morgan fingerprint density at radius 1 is 0.750 bits per heavy atom. The van der Waals surface area contributed by atoms with Gasteiger partial charge >= 0.3 is 0 Å². The van der Waals surface area contributed by atoms with Crippen LogP contribution in [0.25, 0.3) is 0 Å². The SMILES string of the molecule is O=C(Nc1ccccc1)[C@H]1CC1(c1ccccc1)c1ccccc1. The Bertz CT molecular complexity index is 788. The van der Waals surface area contributed by atoms with E-state index >= 15 is 0 Å². The number of anilines is 1. The molecule has 118 valence electrons. The maximum absolute atomic E-state index is 12.8. The molecule has 0 bridgehead atoms. The fourth-order valence-electron chi connectivity index (χ4n) is 3.61. The molecule has 0 saturated heterocycles. The summed E-state index contributed by atoms with van der Waals surface area (Å²) < 4.78 is 0. The maximum Gasteiger partial charge on any atom is 0.228 e. The van der Waals surface area contributed by atoms with Crippen molar-refractivity contribution < 1.29 is 4.79 Å². The molecule has 0 spiro atoms. The lowest BCUT2D eigenvalue weighted by Crippen LogP contribution is -2.22. The van der Waals surface area contributed by atoms with Crippen molar-refractivity contribution in [3.8, 4) is 0 Å². The van der Waals surface area contributed by atoms with Crippen molar-refractivity contribution in [2.75, 3.05) is 5.32 Å². The first-order valence-electron chi connectivity index (χ1n) is 8.28. The number of rotatable bonds is 4. The summed E-state index contributed by atoms with van der Waals surface area (Å²) >= 11 is 0. The Hall–Kier alpha value is -2.87. The van der Waals surface area contributed by atoms with Crippen LogP contribution in [0.15, 0.2) is 91.0 Å². The van der Waals surface area contributed by atoms with Crippen LogP contribution in [-0.4, -0.2) is 5.91 Å². The van der Waals surface area contributed by atoms with E-state index in [-0.39, 0.29) is 17.2 Å². The Labute approximate surface area is 142 Å². The molecule has 0 unspecified atom stereocenters. The molecule has 3 aromatic carbocycles. The van der Waals surface area contributed by atoms with Gasteiger partial charge in [0.25, 0.3) is 0 Å². The summed E-state index contributed by atoms with van der Waals surface area (Å²) in [5, 5.41) is 3.06. The van der Waals surface area contributed by atoms with Gasteiger partial charge in [0.2, 0.25) is 5.91 Å². The summed E-state index contributed by atoms with van der Waals surface area (Å²) in [4.78, 5) is 12.8. The van der Waals surface area contributed by atoms with Crippen LogP contribution in [0.1, 0.15) is 17.5 Å². The quantitative estimate of drug-likeness (QED) is 0.747. The largest absolute Gasteiger partial charge is 0.326 e. The number of nitrogens with one attached hydrogen (secondary N) is 1. The molecule has 1 aliphatic rings. The lowest BCUT2D eigenvalue weighted by atomic mass is 9.85. The molecule has 3 aromatic rings. The molecular formula is C22H19NO. The van der Waals surface area contributed by atoms with Gasteiger partial charge in [0.05, 0.1) is 5.92 Å². The van der Waals surface area contributed by atoms with Gasteiger partial charge in [-0.1, -0.05) is 78.9 Å². The average Bonchev–Trinajstić information content (AvgIpc) is 3.41. The van der Waals surface area contributed by atoms with Gasteiger partial charge < -0.3 is 5.32 Å². The van der Waals surface area contributed by atoms with Crippen LogP contribution in [0.3, 0.4) is 0 Å². The number of amides is 1. The zero-order valence-electron chi connectivity index (χ0n) is 13.4. The predicted molar refractivity (Wildman–Crippen MR) is 96.8 cm³/mol. The zero-order valence-corrected chi connectivity index (χ0v) is 13.4. The number of hydrogen-bond acceptors (Lipinski definition) is 1. The van der Waals surface area contributed by atoms with Crippen molar-refractivity contribution in [3.05, 3.63) is 102 Å².